The zero-order valence-corrected chi connectivity index (χ0v) is 11.1. The van der Waals surface area contributed by atoms with Gasteiger partial charge in [-0.05, 0) is 18.9 Å². The molecule has 0 radical (unpaired) electrons. The van der Waals surface area contributed by atoms with E-state index in [1.165, 1.54) is 12.9 Å². The Balaban J connectivity index is -0.0000000367. The fourth-order valence-corrected chi connectivity index (χ4v) is 0.144. The van der Waals surface area contributed by atoms with Crippen LogP contribution in [-0.2, 0) is 14.3 Å². The lowest BCUT2D eigenvalue weighted by molar-refractivity contribution is -0.140. The van der Waals surface area contributed by atoms with E-state index in [1.807, 2.05) is 18.7 Å². The fraction of sp³-hybridized carbons (Fsp3) is 0.917. The van der Waals surface area contributed by atoms with Crippen LogP contribution in [0.4, 0.5) is 0 Å². The van der Waals surface area contributed by atoms with Crippen LogP contribution in [0, 0.1) is 0 Å². The predicted octanol–water partition coefficient (Wildman–Crippen LogP) is 3.86. The molecule has 0 saturated heterocycles. The van der Waals surface area contributed by atoms with Gasteiger partial charge < -0.3 is 9.47 Å². The molecule has 0 aliphatic rings. The van der Waals surface area contributed by atoms with E-state index in [0.717, 1.165) is 6.61 Å². The van der Waals surface area contributed by atoms with Gasteiger partial charge in [-0.3, -0.25) is 4.79 Å². The van der Waals surface area contributed by atoms with Crippen LogP contribution in [0.25, 0.3) is 0 Å². The molecular formula is C12H32O3S. The first kappa shape index (κ1) is 29.7. The number of thioether (sulfide) groups is 1. The van der Waals surface area contributed by atoms with Crippen LogP contribution in [0.2, 0.25) is 0 Å². The minimum absolute atomic E-state index is 0. The minimum Gasteiger partial charge on any atom is -0.469 e. The highest BCUT2D eigenvalue weighted by atomic mass is 32.2. The molecule has 0 aromatic carbocycles. The molecule has 16 heavy (non-hydrogen) atoms. The molecule has 0 aliphatic heterocycles. The Morgan fingerprint density at radius 1 is 1.12 bits per heavy atom. The van der Waals surface area contributed by atoms with Gasteiger partial charge in [0.1, 0.15) is 0 Å². The van der Waals surface area contributed by atoms with Crippen molar-refractivity contribution in [3.8, 4) is 0 Å². The first-order valence-electron chi connectivity index (χ1n) is 4.69. The first-order valence-corrected chi connectivity index (χ1v) is 6.08. The highest BCUT2D eigenvalue weighted by molar-refractivity contribution is 7.98. The number of carbonyl (C=O) groups excluding carboxylic acids is 1. The summed E-state index contributed by atoms with van der Waals surface area (Å²) in [6, 6.07) is 0. The molecule has 0 spiro atoms. The van der Waals surface area contributed by atoms with E-state index in [2.05, 4.69) is 22.7 Å². The Labute approximate surface area is 107 Å². The molecule has 0 bridgehead atoms. The topological polar surface area (TPSA) is 35.5 Å². The van der Waals surface area contributed by atoms with Crippen molar-refractivity contribution in [3.05, 3.63) is 0 Å². The van der Waals surface area contributed by atoms with Crippen molar-refractivity contribution in [1.82, 2.24) is 0 Å². The van der Waals surface area contributed by atoms with Crippen LogP contribution in [0.1, 0.15) is 42.0 Å². The lowest BCUT2D eigenvalue weighted by Crippen LogP contribution is -1.94. The number of carbonyl (C=O) groups is 1. The van der Waals surface area contributed by atoms with Crippen molar-refractivity contribution in [1.29, 1.82) is 0 Å². The van der Waals surface area contributed by atoms with E-state index in [0.29, 0.717) is 6.42 Å². The summed E-state index contributed by atoms with van der Waals surface area (Å²) < 4.78 is 8.80. The largest absolute Gasteiger partial charge is 0.469 e. The summed E-state index contributed by atoms with van der Waals surface area (Å²) in [6.07, 6.45) is 2.57. The molecule has 0 aromatic heterocycles. The molecule has 0 unspecified atom stereocenters. The molecular weight excluding hydrogens is 224 g/mol. The Hall–Kier alpha value is -0.220. The maximum absolute atomic E-state index is 9.96. The lowest BCUT2D eigenvalue weighted by atomic mass is 10.5. The quantitative estimate of drug-likeness (QED) is 0.718. The summed E-state index contributed by atoms with van der Waals surface area (Å²) in [6.45, 7) is 6.68. The lowest BCUT2D eigenvalue weighted by Gasteiger charge is -1.87. The zero-order valence-electron chi connectivity index (χ0n) is 10.3. The molecule has 0 saturated carbocycles. The van der Waals surface area contributed by atoms with Gasteiger partial charge in [0.15, 0.2) is 0 Å². The van der Waals surface area contributed by atoms with Gasteiger partial charge in [-0.2, -0.15) is 11.8 Å². The van der Waals surface area contributed by atoms with E-state index in [9.17, 15) is 4.79 Å². The van der Waals surface area contributed by atoms with Crippen molar-refractivity contribution in [2.75, 3.05) is 32.8 Å². The second kappa shape index (κ2) is 36.4. The third kappa shape index (κ3) is 67.4. The van der Waals surface area contributed by atoms with Gasteiger partial charge in [-0.1, -0.05) is 28.7 Å². The second-order valence-electron chi connectivity index (χ2n) is 2.08. The highest BCUT2D eigenvalue weighted by Crippen LogP contribution is 1.83. The van der Waals surface area contributed by atoms with Crippen LogP contribution in [-0.4, -0.2) is 38.8 Å². The average Bonchev–Trinajstić information content (AvgIpc) is 2.28. The van der Waals surface area contributed by atoms with Crippen LogP contribution < -0.4 is 0 Å². The second-order valence-corrected chi connectivity index (χ2v) is 3.24. The normalized spacial score (nSPS) is 6.62. The van der Waals surface area contributed by atoms with Gasteiger partial charge in [0.2, 0.25) is 0 Å². The third-order valence-electron chi connectivity index (χ3n) is 1.09. The maximum Gasteiger partial charge on any atom is 0.305 e. The summed E-state index contributed by atoms with van der Waals surface area (Å²) in [4.78, 5) is 9.96. The SMILES string of the molecule is C.C.CCC(=O)OC.CCOC.CCSC. The molecule has 0 fully saturated rings. The van der Waals surface area contributed by atoms with Crippen LogP contribution in [0.15, 0.2) is 0 Å². The number of methoxy groups -OCH3 is 2. The van der Waals surface area contributed by atoms with Gasteiger partial charge in [0.05, 0.1) is 7.11 Å². The maximum atomic E-state index is 9.96. The summed E-state index contributed by atoms with van der Waals surface area (Å²) >= 11 is 1.86. The van der Waals surface area contributed by atoms with E-state index in [1.54, 1.807) is 14.0 Å². The molecule has 0 atom stereocenters. The summed E-state index contributed by atoms with van der Waals surface area (Å²) in [7, 11) is 3.06. The third-order valence-corrected chi connectivity index (χ3v) is 1.67. The van der Waals surface area contributed by atoms with E-state index >= 15 is 0 Å². The van der Waals surface area contributed by atoms with E-state index in [-0.39, 0.29) is 20.8 Å². The molecule has 3 nitrogen and oxygen atoms in total. The predicted molar refractivity (Wildman–Crippen MR) is 77.4 cm³/mol. The molecule has 0 amide bonds. The van der Waals surface area contributed by atoms with Gasteiger partial charge in [0, 0.05) is 20.1 Å². The number of rotatable bonds is 3. The summed E-state index contributed by atoms with van der Waals surface area (Å²) in [5.41, 5.74) is 0. The fourth-order valence-electron chi connectivity index (χ4n) is 0.144. The zero-order chi connectivity index (χ0) is 11.8. The van der Waals surface area contributed by atoms with Gasteiger partial charge in [-0.15, -0.1) is 0 Å². The Bertz CT molecular complexity index is 84.3. The monoisotopic (exact) mass is 256 g/mol. The van der Waals surface area contributed by atoms with Crippen LogP contribution in [0.3, 0.4) is 0 Å². The Morgan fingerprint density at radius 2 is 1.44 bits per heavy atom. The number of esters is 1. The molecule has 4 heteroatoms. The minimum atomic E-state index is -0.157. The average molecular weight is 256 g/mol. The Kier molecular flexibility index (Phi) is 67.5. The molecule has 104 valence electrons. The van der Waals surface area contributed by atoms with Gasteiger partial charge in [0.25, 0.3) is 0 Å². The standard InChI is InChI=1S/C4H8O2.C3H8O.C3H8S.2CH4/c1-3-4(5)6-2;2*1-3-4-2;;/h3H2,1-2H3;2*3H2,1-2H3;2*1H4. The number of hydrogen-bond donors (Lipinski definition) is 0. The van der Waals surface area contributed by atoms with E-state index < -0.39 is 0 Å². The molecule has 0 rings (SSSR count). The number of ether oxygens (including phenoxy) is 2. The van der Waals surface area contributed by atoms with Gasteiger partial charge >= 0.3 is 5.97 Å². The molecule has 0 aliphatic carbocycles. The molecule has 0 aromatic rings. The highest BCUT2D eigenvalue weighted by Gasteiger charge is 1.87. The smallest absolute Gasteiger partial charge is 0.305 e. The van der Waals surface area contributed by atoms with Crippen molar-refractivity contribution in [3.63, 3.8) is 0 Å². The number of hydrogen-bond acceptors (Lipinski definition) is 4. The first-order chi connectivity index (χ1) is 6.64. The Morgan fingerprint density at radius 3 is 1.44 bits per heavy atom. The van der Waals surface area contributed by atoms with Crippen LogP contribution in [0.5, 0.6) is 0 Å². The van der Waals surface area contributed by atoms with Crippen molar-refractivity contribution < 1.29 is 14.3 Å². The van der Waals surface area contributed by atoms with Gasteiger partial charge in [-0.25, -0.2) is 0 Å². The molecule has 0 N–H and O–H groups in total. The van der Waals surface area contributed by atoms with Crippen LogP contribution >= 0.6 is 11.8 Å². The van der Waals surface area contributed by atoms with Crippen molar-refractivity contribution in [2.24, 2.45) is 0 Å². The van der Waals surface area contributed by atoms with E-state index in [4.69, 9.17) is 0 Å². The van der Waals surface area contributed by atoms with Crippen molar-refractivity contribution >= 4 is 17.7 Å². The molecule has 0 heterocycles. The summed E-state index contributed by atoms with van der Waals surface area (Å²) in [5, 5.41) is 0. The summed E-state index contributed by atoms with van der Waals surface area (Å²) in [5.74, 6) is 1.08. The van der Waals surface area contributed by atoms with Crippen molar-refractivity contribution in [2.45, 2.75) is 42.0 Å².